The van der Waals surface area contributed by atoms with Gasteiger partial charge in [-0.15, -0.1) is 0 Å². The fourth-order valence-corrected chi connectivity index (χ4v) is 2.96. The van der Waals surface area contributed by atoms with Crippen molar-refractivity contribution in [2.45, 2.75) is 6.42 Å². The maximum absolute atomic E-state index is 12.7. The number of fused-ring (bicyclic) bond motifs is 1. The number of para-hydroxylation sites is 1. The molecule has 1 heterocycles. The van der Waals surface area contributed by atoms with E-state index in [-0.39, 0.29) is 5.91 Å². The van der Waals surface area contributed by atoms with Gasteiger partial charge in [-0.2, -0.15) is 0 Å². The normalized spacial score (nSPS) is 13.3. The minimum absolute atomic E-state index is 0.295. The van der Waals surface area contributed by atoms with E-state index in [2.05, 4.69) is 5.32 Å². The predicted molar refractivity (Wildman–Crippen MR) is 99.5 cm³/mol. The fourth-order valence-electron chi connectivity index (χ4n) is 2.96. The van der Waals surface area contributed by atoms with E-state index in [1.54, 1.807) is 48.5 Å². The van der Waals surface area contributed by atoms with Gasteiger partial charge in [-0.1, -0.05) is 24.3 Å². The molecular weight excluding hydrogens is 330 g/mol. The van der Waals surface area contributed by atoms with Crippen LogP contribution in [0.5, 0.6) is 0 Å². The number of hydrogen-bond donors (Lipinski definition) is 1. The van der Waals surface area contributed by atoms with Crippen LogP contribution < -0.4 is 10.2 Å². The van der Waals surface area contributed by atoms with Crippen LogP contribution >= 0.6 is 0 Å². The second kappa shape index (κ2) is 7.49. The van der Waals surface area contributed by atoms with Crippen molar-refractivity contribution in [2.75, 3.05) is 32.1 Å². The lowest BCUT2D eigenvalue weighted by Crippen LogP contribution is -2.33. The summed E-state index contributed by atoms with van der Waals surface area (Å²) in [4.78, 5) is 41.1. The third kappa shape index (κ3) is 3.36. The maximum Gasteiger partial charge on any atom is 0.266 e. The van der Waals surface area contributed by atoms with Gasteiger partial charge in [-0.05, 0) is 51.3 Å². The highest BCUT2D eigenvalue weighted by atomic mass is 16.2. The second-order valence-corrected chi connectivity index (χ2v) is 6.42. The average Bonchev–Trinajstić information content (AvgIpc) is 2.89. The predicted octanol–water partition coefficient (Wildman–Crippen LogP) is 2.17. The van der Waals surface area contributed by atoms with Gasteiger partial charge in [0, 0.05) is 6.54 Å². The molecule has 2 aromatic rings. The van der Waals surface area contributed by atoms with Crippen molar-refractivity contribution in [3.05, 3.63) is 65.2 Å². The molecule has 1 aliphatic rings. The van der Waals surface area contributed by atoms with E-state index in [9.17, 15) is 14.4 Å². The van der Waals surface area contributed by atoms with Crippen LogP contribution in [-0.2, 0) is 0 Å². The van der Waals surface area contributed by atoms with E-state index in [0.717, 1.165) is 17.9 Å². The smallest absolute Gasteiger partial charge is 0.266 e. The molecule has 0 fully saturated rings. The Morgan fingerprint density at radius 3 is 2.15 bits per heavy atom. The molecule has 1 N–H and O–H groups in total. The third-order valence-electron chi connectivity index (χ3n) is 4.25. The van der Waals surface area contributed by atoms with Crippen LogP contribution in [0.3, 0.4) is 0 Å². The van der Waals surface area contributed by atoms with Gasteiger partial charge in [0.1, 0.15) is 0 Å². The summed E-state index contributed by atoms with van der Waals surface area (Å²) in [7, 11) is 3.94. The summed E-state index contributed by atoms with van der Waals surface area (Å²) < 4.78 is 0. The number of imide groups is 1. The molecule has 0 radical (unpaired) electrons. The van der Waals surface area contributed by atoms with Crippen LogP contribution in [0.1, 0.15) is 37.5 Å². The molecular formula is C20H21N3O3. The summed E-state index contributed by atoms with van der Waals surface area (Å²) in [6.07, 6.45) is 0.813. The molecule has 0 aliphatic carbocycles. The molecule has 3 amide bonds. The van der Waals surface area contributed by atoms with Crippen LogP contribution in [0.2, 0.25) is 0 Å². The molecule has 26 heavy (non-hydrogen) atoms. The lowest BCUT2D eigenvalue weighted by molar-refractivity contribution is 0.0926. The highest BCUT2D eigenvalue weighted by Gasteiger charge is 2.37. The van der Waals surface area contributed by atoms with E-state index in [4.69, 9.17) is 0 Å². The van der Waals surface area contributed by atoms with E-state index in [1.165, 1.54) is 0 Å². The number of carbonyl (C=O) groups excluding carboxylic acids is 3. The number of hydrogen-bond acceptors (Lipinski definition) is 4. The van der Waals surface area contributed by atoms with E-state index < -0.39 is 11.8 Å². The first-order chi connectivity index (χ1) is 12.5. The summed E-state index contributed by atoms with van der Waals surface area (Å²) >= 11 is 0. The van der Waals surface area contributed by atoms with Crippen molar-refractivity contribution in [2.24, 2.45) is 0 Å². The lowest BCUT2D eigenvalue weighted by Gasteiger charge is -2.18. The monoisotopic (exact) mass is 351 g/mol. The molecule has 6 heteroatoms. The largest absolute Gasteiger partial charge is 0.352 e. The van der Waals surface area contributed by atoms with Crippen molar-refractivity contribution in [1.82, 2.24) is 10.2 Å². The Hall–Kier alpha value is -2.99. The van der Waals surface area contributed by atoms with Crippen molar-refractivity contribution >= 4 is 23.4 Å². The number of amides is 3. The first-order valence-corrected chi connectivity index (χ1v) is 8.50. The van der Waals surface area contributed by atoms with Gasteiger partial charge >= 0.3 is 0 Å². The van der Waals surface area contributed by atoms with Crippen LogP contribution in [0.25, 0.3) is 0 Å². The zero-order valence-corrected chi connectivity index (χ0v) is 14.9. The third-order valence-corrected chi connectivity index (χ3v) is 4.25. The van der Waals surface area contributed by atoms with Gasteiger partial charge in [0.15, 0.2) is 0 Å². The van der Waals surface area contributed by atoms with Crippen LogP contribution in [0.4, 0.5) is 5.69 Å². The van der Waals surface area contributed by atoms with Crippen LogP contribution in [0.15, 0.2) is 48.5 Å². The molecule has 6 nitrogen and oxygen atoms in total. The topological polar surface area (TPSA) is 69.7 Å². The summed E-state index contributed by atoms with van der Waals surface area (Å²) in [5.74, 6) is -1.10. The minimum Gasteiger partial charge on any atom is -0.352 e. The zero-order chi connectivity index (χ0) is 18.7. The molecule has 1 aliphatic heterocycles. The average molecular weight is 351 g/mol. The second-order valence-electron chi connectivity index (χ2n) is 6.42. The summed E-state index contributed by atoms with van der Waals surface area (Å²) in [6.45, 7) is 1.38. The molecule has 0 aromatic heterocycles. The van der Waals surface area contributed by atoms with E-state index >= 15 is 0 Å². The molecule has 0 atom stereocenters. The maximum atomic E-state index is 12.7. The van der Waals surface area contributed by atoms with Gasteiger partial charge in [0.05, 0.1) is 22.4 Å². The molecule has 2 aromatic carbocycles. The van der Waals surface area contributed by atoms with Gasteiger partial charge in [-0.3, -0.25) is 14.4 Å². The first kappa shape index (κ1) is 17.8. The summed E-state index contributed by atoms with van der Waals surface area (Å²) in [5.41, 5.74) is 1.34. The minimum atomic E-state index is -0.404. The van der Waals surface area contributed by atoms with Crippen molar-refractivity contribution in [3.8, 4) is 0 Å². The van der Waals surface area contributed by atoms with Crippen molar-refractivity contribution in [1.29, 1.82) is 0 Å². The quantitative estimate of drug-likeness (QED) is 0.640. The Kier molecular flexibility index (Phi) is 5.14. The number of nitrogens with zero attached hydrogens (tertiary/aromatic N) is 2. The van der Waals surface area contributed by atoms with Gasteiger partial charge in [0.25, 0.3) is 17.7 Å². The Bertz CT molecular complexity index is 826. The Morgan fingerprint density at radius 2 is 1.54 bits per heavy atom. The number of nitrogens with one attached hydrogen (secondary N) is 1. The number of rotatable bonds is 6. The number of benzene rings is 2. The van der Waals surface area contributed by atoms with Gasteiger partial charge in [-0.25, -0.2) is 4.90 Å². The Labute approximate surface area is 152 Å². The van der Waals surface area contributed by atoms with Crippen LogP contribution in [0, 0.1) is 0 Å². The molecule has 0 unspecified atom stereocenters. The van der Waals surface area contributed by atoms with Crippen LogP contribution in [-0.4, -0.2) is 49.8 Å². The van der Waals surface area contributed by atoms with Crippen molar-refractivity contribution < 1.29 is 14.4 Å². The number of carbonyl (C=O) groups is 3. The SMILES string of the molecule is CN(C)CCCNC(=O)c1ccccc1N1C(=O)c2ccccc2C1=O. The van der Waals surface area contributed by atoms with Crippen molar-refractivity contribution in [3.63, 3.8) is 0 Å². The van der Waals surface area contributed by atoms with Gasteiger partial charge in [0.2, 0.25) is 0 Å². The van der Waals surface area contributed by atoms with E-state index in [1.807, 2.05) is 19.0 Å². The molecule has 0 saturated heterocycles. The molecule has 134 valence electrons. The van der Waals surface area contributed by atoms with Gasteiger partial charge < -0.3 is 10.2 Å². The lowest BCUT2D eigenvalue weighted by atomic mass is 10.1. The molecule has 0 bridgehead atoms. The summed E-state index contributed by atoms with van der Waals surface area (Å²) in [5, 5.41) is 2.85. The Balaban J connectivity index is 1.83. The highest BCUT2D eigenvalue weighted by molar-refractivity contribution is 6.35. The molecule has 0 spiro atoms. The zero-order valence-electron chi connectivity index (χ0n) is 14.9. The molecule has 3 rings (SSSR count). The van der Waals surface area contributed by atoms with E-state index in [0.29, 0.717) is 28.9 Å². The first-order valence-electron chi connectivity index (χ1n) is 8.50. The number of anilines is 1. The Morgan fingerprint density at radius 1 is 0.962 bits per heavy atom. The summed E-state index contributed by atoms with van der Waals surface area (Å²) in [6, 6.07) is 13.4. The fraction of sp³-hybridized carbons (Fsp3) is 0.250. The standard InChI is InChI=1S/C20H21N3O3/c1-22(2)13-7-12-21-18(24)16-10-5-6-11-17(16)23-19(25)14-8-3-4-9-15(14)20(23)26/h3-6,8-11H,7,12-13H2,1-2H3,(H,21,24). The highest BCUT2D eigenvalue weighted by Crippen LogP contribution is 2.30. The molecule has 0 saturated carbocycles.